The second kappa shape index (κ2) is 14.8. The van der Waals surface area contributed by atoms with Crippen LogP contribution in [-0.2, 0) is 14.3 Å². The van der Waals surface area contributed by atoms with Gasteiger partial charge in [-0.25, -0.2) is 4.39 Å². The molecule has 0 bridgehead atoms. The second-order valence-corrected chi connectivity index (χ2v) is 7.94. The van der Waals surface area contributed by atoms with E-state index in [1.165, 1.54) is 57.8 Å². The smallest absolute Gasteiger partial charge is 0.328 e. The fraction of sp³-hybridized carbons (Fsp3) is 0.680. The van der Waals surface area contributed by atoms with E-state index in [0.29, 0.717) is 6.61 Å². The topological polar surface area (TPSA) is 61.8 Å². The summed E-state index contributed by atoms with van der Waals surface area (Å²) in [5.74, 6) is -1.61. The molecular formula is C25H39FO5. The van der Waals surface area contributed by atoms with Gasteiger partial charge in [0, 0.05) is 6.07 Å². The summed E-state index contributed by atoms with van der Waals surface area (Å²) < 4.78 is 29.3. The van der Waals surface area contributed by atoms with Crippen molar-refractivity contribution in [2.45, 2.75) is 91.4 Å². The summed E-state index contributed by atoms with van der Waals surface area (Å²) >= 11 is 0. The van der Waals surface area contributed by atoms with Crippen LogP contribution in [0.4, 0.5) is 4.39 Å². The van der Waals surface area contributed by atoms with Crippen LogP contribution in [0.25, 0.3) is 0 Å². The molecule has 0 N–H and O–H groups in total. The Morgan fingerprint density at radius 2 is 1.42 bits per heavy atom. The molecular weight excluding hydrogens is 399 g/mol. The maximum absolute atomic E-state index is 13.4. The van der Waals surface area contributed by atoms with Crippen molar-refractivity contribution in [3.63, 3.8) is 0 Å². The summed E-state index contributed by atoms with van der Waals surface area (Å²) in [5, 5.41) is 0. The molecule has 176 valence electrons. The number of rotatable bonds is 16. The first kappa shape index (κ1) is 26.9. The minimum absolute atomic E-state index is 0.0758. The highest BCUT2D eigenvalue weighted by Crippen LogP contribution is 2.34. The van der Waals surface area contributed by atoms with E-state index in [4.69, 9.17) is 14.2 Å². The van der Waals surface area contributed by atoms with Crippen LogP contribution in [-0.4, -0.2) is 25.7 Å². The summed E-state index contributed by atoms with van der Waals surface area (Å²) in [6.45, 7) is 6.02. The number of carbonyl (C=O) groups excluding carboxylic acids is 2. The first-order valence-electron chi connectivity index (χ1n) is 11.7. The lowest BCUT2D eigenvalue weighted by Crippen LogP contribution is -2.42. The van der Waals surface area contributed by atoms with Crippen LogP contribution >= 0.6 is 0 Å². The molecule has 5 nitrogen and oxygen atoms in total. The van der Waals surface area contributed by atoms with Crippen molar-refractivity contribution in [1.82, 2.24) is 0 Å². The van der Waals surface area contributed by atoms with Gasteiger partial charge in [-0.05, 0) is 31.4 Å². The molecule has 0 saturated carbocycles. The molecule has 6 heteroatoms. The lowest BCUT2D eigenvalue weighted by atomic mass is 9.82. The summed E-state index contributed by atoms with van der Waals surface area (Å²) in [6, 6.07) is 3.62. The Balaban J connectivity index is 2.53. The van der Waals surface area contributed by atoms with Crippen LogP contribution in [0.5, 0.6) is 11.5 Å². The van der Waals surface area contributed by atoms with E-state index in [1.54, 1.807) is 13.8 Å². The number of halogens is 1. The second-order valence-electron chi connectivity index (χ2n) is 7.94. The van der Waals surface area contributed by atoms with Crippen LogP contribution in [0.2, 0.25) is 0 Å². The maximum atomic E-state index is 13.4. The monoisotopic (exact) mass is 438 g/mol. The van der Waals surface area contributed by atoms with Gasteiger partial charge in [0.05, 0.1) is 13.7 Å². The van der Waals surface area contributed by atoms with E-state index < -0.39 is 23.2 Å². The van der Waals surface area contributed by atoms with Crippen molar-refractivity contribution in [1.29, 1.82) is 0 Å². The van der Waals surface area contributed by atoms with Crippen molar-refractivity contribution in [2.75, 3.05) is 13.7 Å². The number of carbonyl (C=O) groups is 2. The Morgan fingerprint density at radius 3 is 1.97 bits per heavy atom. The lowest BCUT2D eigenvalue weighted by Gasteiger charge is -2.27. The number of hydrogen-bond acceptors (Lipinski definition) is 5. The average Bonchev–Trinajstić information content (AvgIpc) is 2.77. The Hall–Kier alpha value is -2.11. The molecule has 0 unspecified atom stereocenters. The number of unbranched alkanes of at least 4 members (excludes halogenated alkanes) is 8. The zero-order chi connectivity index (χ0) is 23.1. The zero-order valence-electron chi connectivity index (χ0n) is 19.6. The highest BCUT2D eigenvalue weighted by molar-refractivity contribution is 6.00. The largest absolute Gasteiger partial charge is 0.493 e. The molecule has 0 atom stereocenters. The van der Waals surface area contributed by atoms with Gasteiger partial charge < -0.3 is 14.2 Å². The molecule has 0 heterocycles. The molecule has 0 aliphatic heterocycles. The van der Waals surface area contributed by atoms with Gasteiger partial charge in [-0.1, -0.05) is 72.1 Å². The number of esters is 2. The normalized spacial score (nSPS) is 11.3. The van der Waals surface area contributed by atoms with E-state index >= 15 is 0 Å². The molecule has 0 radical (unpaired) electrons. The molecule has 0 aromatic heterocycles. The van der Waals surface area contributed by atoms with Gasteiger partial charge in [-0.3, -0.25) is 9.59 Å². The number of ether oxygens (including phenoxy) is 3. The molecule has 0 saturated heterocycles. The Morgan fingerprint density at radius 1 is 0.839 bits per heavy atom. The quantitative estimate of drug-likeness (QED) is 0.126. The summed E-state index contributed by atoms with van der Waals surface area (Å²) in [6.07, 6.45) is 11.0. The third-order valence-corrected chi connectivity index (χ3v) is 5.80. The first-order chi connectivity index (χ1) is 14.9. The number of benzene rings is 1. The van der Waals surface area contributed by atoms with E-state index in [-0.39, 0.29) is 24.3 Å². The van der Waals surface area contributed by atoms with Crippen molar-refractivity contribution < 1.29 is 28.2 Å². The van der Waals surface area contributed by atoms with Crippen molar-refractivity contribution in [3.05, 3.63) is 24.0 Å². The molecule has 0 aliphatic carbocycles. The minimum atomic E-state index is -1.39. The molecule has 1 aromatic carbocycles. The molecule has 0 aliphatic rings. The van der Waals surface area contributed by atoms with Gasteiger partial charge in [0.15, 0.2) is 16.9 Å². The van der Waals surface area contributed by atoms with Crippen molar-refractivity contribution in [2.24, 2.45) is 5.41 Å². The van der Waals surface area contributed by atoms with Crippen LogP contribution in [0.1, 0.15) is 91.4 Å². The highest BCUT2D eigenvalue weighted by Gasteiger charge is 2.46. The molecule has 0 fully saturated rings. The van der Waals surface area contributed by atoms with E-state index in [1.807, 2.05) is 0 Å². The first-order valence-corrected chi connectivity index (χ1v) is 11.7. The third kappa shape index (κ3) is 8.50. The highest BCUT2D eigenvalue weighted by atomic mass is 19.1. The van der Waals surface area contributed by atoms with Crippen LogP contribution in [0, 0.1) is 11.2 Å². The van der Waals surface area contributed by atoms with Crippen molar-refractivity contribution >= 4 is 11.9 Å². The third-order valence-electron chi connectivity index (χ3n) is 5.80. The summed E-state index contributed by atoms with van der Waals surface area (Å²) in [4.78, 5) is 25.7. The SMILES string of the molecule is CCCCCCCCCCCOC(=O)C(CC)(CC)C(=O)Oc1ccc(F)cc1OC. The molecule has 1 aromatic rings. The predicted octanol–water partition coefficient (Wildman–Crippen LogP) is 6.62. The lowest BCUT2D eigenvalue weighted by molar-refractivity contribution is -0.168. The Kier molecular flexibility index (Phi) is 12.9. The van der Waals surface area contributed by atoms with E-state index in [0.717, 1.165) is 25.3 Å². The van der Waals surface area contributed by atoms with E-state index in [9.17, 15) is 14.0 Å². The fourth-order valence-corrected chi connectivity index (χ4v) is 3.55. The summed E-state index contributed by atoms with van der Waals surface area (Å²) in [5.41, 5.74) is -1.39. The van der Waals surface area contributed by atoms with Crippen molar-refractivity contribution in [3.8, 4) is 11.5 Å². The summed E-state index contributed by atoms with van der Waals surface area (Å²) in [7, 11) is 1.36. The Bertz CT molecular complexity index is 670. The van der Waals surface area contributed by atoms with Gasteiger partial charge in [0.1, 0.15) is 5.82 Å². The standard InChI is InChI=1S/C25H39FO5/c1-5-8-9-10-11-12-13-14-15-18-30-23(27)25(6-2,7-3)24(28)31-21-17-16-20(26)19-22(21)29-4/h16-17,19H,5-15,18H2,1-4H3. The molecule has 31 heavy (non-hydrogen) atoms. The maximum Gasteiger partial charge on any atom is 0.328 e. The Labute approximate surface area is 186 Å². The van der Waals surface area contributed by atoms with E-state index in [2.05, 4.69) is 6.92 Å². The molecule has 0 spiro atoms. The molecule has 1 rings (SSSR count). The van der Waals surface area contributed by atoms with Crippen LogP contribution < -0.4 is 9.47 Å². The minimum Gasteiger partial charge on any atom is -0.493 e. The fourth-order valence-electron chi connectivity index (χ4n) is 3.55. The predicted molar refractivity (Wildman–Crippen MR) is 120 cm³/mol. The van der Waals surface area contributed by atoms with Gasteiger partial charge in [0.25, 0.3) is 0 Å². The van der Waals surface area contributed by atoms with Gasteiger partial charge in [-0.15, -0.1) is 0 Å². The van der Waals surface area contributed by atoms with Crippen LogP contribution in [0.15, 0.2) is 18.2 Å². The number of methoxy groups -OCH3 is 1. The van der Waals surface area contributed by atoms with Crippen LogP contribution in [0.3, 0.4) is 0 Å². The van der Waals surface area contributed by atoms with Gasteiger partial charge in [-0.2, -0.15) is 0 Å². The average molecular weight is 439 g/mol. The number of hydrogen-bond donors (Lipinski definition) is 0. The molecule has 0 amide bonds. The van der Waals surface area contributed by atoms with Gasteiger partial charge >= 0.3 is 11.9 Å². The van der Waals surface area contributed by atoms with Gasteiger partial charge in [0.2, 0.25) is 0 Å². The zero-order valence-corrected chi connectivity index (χ0v) is 19.6.